The largest absolute Gasteiger partial charge is 0.336 e. The molecule has 1 aromatic carbocycles. The molecule has 0 saturated carbocycles. The molecule has 1 atom stereocenters. The maximum Gasteiger partial charge on any atom is 0.328 e. The van der Waals surface area contributed by atoms with Crippen molar-refractivity contribution in [3.63, 3.8) is 0 Å². The van der Waals surface area contributed by atoms with Crippen molar-refractivity contribution in [3.8, 4) is 0 Å². The topological polar surface area (TPSA) is 67.2 Å². The minimum atomic E-state index is -0.354. The van der Waals surface area contributed by atoms with Gasteiger partial charge in [0.2, 0.25) is 0 Å². The third-order valence-corrected chi connectivity index (χ3v) is 2.07. The van der Waals surface area contributed by atoms with Gasteiger partial charge < -0.3 is 5.32 Å². The minimum Gasteiger partial charge on any atom is -0.336 e. The van der Waals surface area contributed by atoms with Crippen molar-refractivity contribution in [1.29, 1.82) is 0 Å². The smallest absolute Gasteiger partial charge is 0.328 e. The van der Waals surface area contributed by atoms with Gasteiger partial charge in [-0.3, -0.25) is 5.43 Å². The summed E-state index contributed by atoms with van der Waals surface area (Å²) < 4.78 is 0. The second kappa shape index (κ2) is 5.24. The first-order chi connectivity index (χ1) is 6.74. The van der Waals surface area contributed by atoms with Gasteiger partial charge in [0.05, 0.1) is 0 Å². The number of rotatable bonds is 3. The predicted octanol–water partition coefficient (Wildman–Crippen LogP) is 0.963. The maximum absolute atomic E-state index is 10.8. The second-order valence-electron chi connectivity index (χ2n) is 3.17. The molecule has 0 aliphatic heterocycles. The Balaban J connectivity index is 2.43. The van der Waals surface area contributed by atoms with Crippen LogP contribution < -0.4 is 16.6 Å². The fourth-order valence-electron chi connectivity index (χ4n) is 1.20. The van der Waals surface area contributed by atoms with E-state index in [-0.39, 0.29) is 11.9 Å². The van der Waals surface area contributed by atoms with Crippen LogP contribution in [0, 0.1) is 0 Å². The van der Waals surface area contributed by atoms with Crippen LogP contribution in [0.4, 0.5) is 4.79 Å². The lowest BCUT2D eigenvalue weighted by atomic mass is 10.0. The molecule has 1 rings (SSSR count). The van der Waals surface area contributed by atoms with Gasteiger partial charge in [0, 0.05) is 6.54 Å². The Bertz CT molecular complexity index is 287. The van der Waals surface area contributed by atoms with Gasteiger partial charge in [-0.25, -0.2) is 10.6 Å². The lowest BCUT2D eigenvalue weighted by Crippen LogP contribution is -2.41. The molecule has 76 valence electrons. The first-order valence-corrected chi connectivity index (χ1v) is 4.53. The van der Waals surface area contributed by atoms with Crippen molar-refractivity contribution in [2.24, 2.45) is 5.84 Å². The van der Waals surface area contributed by atoms with Crippen LogP contribution in [0.15, 0.2) is 30.3 Å². The molecule has 4 nitrogen and oxygen atoms in total. The molecular weight excluding hydrogens is 178 g/mol. The first-order valence-electron chi connectivity index (χ1n) is 4.53. The number of nitrogens with two attached hydrogens (primary N) is 1. The first kappa shape index (κ1) is 10.5. The Labute approximate surface area is 83.5 Å². The highest BCUT2D eigenvalue weighted by Crippen LogP contribution is 2.12. The third kappa shape index (κ3) is 3.06. The van der Waals surface area contributed by atoms with Gasteiger partial charge >= 0.3 is 6.03 Å². The van der Waals surface area contributed by atoms with Crippen molar-refractivity contribution in [3.05, 3.63) is 35.9 Å². The van der Waals surface area contributed by atoms with Crippen LogP contribution in [0.1, 0.15) is 18.4 Å². The van der Waals surface area contributed by atoms with Gasteiger partial charge in [-0.05, 0) is 11.5 Å². The Kier molecular flexibility index (Phi) is 3.94. The molecule has 14 heavy (non-hydrogen) atoms. The maximum atomic E-state index is 10.8. The molecule has 0 radical (unpaired) electrons. The number of hydrazine groups is 1. The van der Waals surface area contributed by atoms with E-state index < -0.39 is 0 Å². The fourth-order valence-corrected chi connectivity index (χ4v) is 1.20. The molecule has 1 aromatic rings. The van der Waals surface area contributed by atoms with Crippen LogP contribution in [0.5, 0.6) is 0 Å². The van der Waals surface area contributed by atoms with Crippen molar-refractivity contribution in [2.75, 3.05) is 6.54 Å². The highest BCUT2D eigenvalue weighted by molar-refractivity contribution is 5.73. The second-order valence-corrected chi connectivity index (χ2v) is 3.17. The van der Waals surface area contributed by atoms with Gasteiger partial charge in [-0.1, -0.05) is 37.3 Å². The highest BCUT2D eigenvalue weighted by Gasteiger charge is 2.05. The van der Waals surface area contributed by atoms with E-state index in [0.717, 1.165) is 0 Å². The van der Waals surface area contributed by atoms with E-state index in [0.29, 0.717) is 6.54 Å². The van der Waals surface area contributed by atoms with Crippen LogP contribution in [-0.4, -0.2) is 12.6 Å². The fraction of sp³-hybridized carbons (Fsp3) is 0.300. The predicted molar refractivity (Wildman–Crippen MR) is 55.6 cm³/mol. The summed E-state index contributed by atoms with van der Waals surface area (Å²) in [5.41, 5.74) is 3.22. The van der Waals surface area contributed by atoms with E-state index in [2.05, 4.69) is 5.32 Å². The molecule has 2 amide bonds. The molecule has 4 N–H and O–H groups in total. The number of carbonyl (C=O) groups is 1. The zero-order chi connectivity index (χ0) is 10.4. The van der Waals surface area contributed by atoms with Crippen molar-refractivity contribution < 1.29 is 4.79 Å². The molecule has 0 heterocycles. The lowest BCUT2D eigenvalue weighted by molar-refractivity contribution is 0.240. The normalized spacial score (nSPS) is 11.9. The Morgan fingerprint density at radius 3 is 2.64 bits per heavy atom. The van der Waals surface area contributed by atoms with Gasteiger partial charge in [0.15, 0.2) is 0 Å². The highest BCUT2D eigenvalue weighted by atomic mass is 16.2. The van der Waals surface area contributed by atoms with E-state index in [1.54, 1.807) is 0 Å². The molecule has 0 saturated heterocycles. The minimum absolute atomic E-state index is 0.286. The summed E-state index contributed by atoms with van der Waals surface area (Å²) >= 11 is 0. The SMILES string of the molecule is CC(CNC(=O)NN)c1ccccc1. The number of benzene rings is 1. The summed E-state index contributed by atoms with van der Waals surface area (Å²) in [5, 5.41) is 2.66. The Morgan fingerprint density at radius 1 is 1.43 bits per heavy atom. The van der Waals surface area contributed by atoms with E-state index >= 15 is 0 Å². The molecule has 0 aromatic heterocycles. The summed E-state index contributed by atoms with van der Waals surface area (Å²) in [6.45, 7) is 2.62. The summed E-state index contributed by atoms with van der Waals surface area (Å²) in [5.74, 6) is 5.22. The number of hydrogen-bond donors (Lipinski definition) is 3. The molecule has 0 bridgehead atoms. The van der Waals surface area contributed by atoms with E-state index in [9.17, 15) is 4.79 Å². The summed E-state index contributed by atoms with van der Waals surface area (Å²) in [4.78, 5) is 10.8. The number of nitrogens with one attached hydrogen (secondary N) is 2. The molecule has 0 fully saturated rings. The number of urea groups is 1. The quantitative estimate of drug-likeness (QED) is 0.380. The molecule has 4 heteroatoms. The molecular formula is C10H15N3O. The van der Waals surface area contributed by atoms with E-state index in [1.165, 1.54) is 5.56 Å². The van der Waals surface area contributed by atoms with Crippen LogP contribution in [0.3, 0.4) is 0 Å². The summed E-state index contributed by atoms with van der Waals surface area (Å²) in [7, 11) is 0. The van der Waals surface area contributed by atoms with Crippen molar-refractivity contribution in [2.45, 2.75) is 12.8 Å². The van der Waals surface area contributed by atoms with Crippen LogP contribution >= 0.6 is 0 Å². The number of carbonyl (C=O) groups excluding carboxylic acids is 1. The molecule has 0 aliphatic carbocycles. The average Bonchev–Trinajstić information content (AvgIpc) is 2.26. The third-order valence-electron chi connectivity index (χ3n) is 2.07. The van der Waals surface area contributed by atoms with Crippen molar-refractivity contribution >= 4 is 6.03 Å². The van der Waals surface area contributed by atoms with Crippen LogP contribution in [0.25, 0.3) is 0 Å². The molecule has 0 spiro atoms. The zero-order valence-corrected chi connectivity index (χ0v) is 8.16. The van der Waals surface area contributed by atoms with Crippen molar-refractivity contribution in [1.82, 2.24) is 10.7 Å². The Morgan fingerprint density at radius 2 is 2.07 bits per heavy atom. The van der Waals surface area contributed by atoms with Crippen LogP contribution in [-0.2, 0) is 0 Å². The summed E-state index contributed by atoms with van der Waals surface area (Å²) in [6.07, 6.45) is 0. The van der Waals surface area contributed by atoms with E-state index in [1.807, 2.05) is 42.7 Å². The van der Waals surface area contributed by atoms with E-state index in [4.69, 9.17) is 5.84 Å². The monoisotopic (exact) mass is 193 g/mol. The Hall–Kier alpha value is -1.55. The zero-order valence-electron chi connectivity index (χ0n) is 8.16. The average molecular weight is 193 g/mol. The van der Waals surface area contributed by atoms with Crippen LogP contribution in [0.2, 0.25) is 0 Å². The molecule has 0 aliphatic rings. The van der Waals surface area contributed by atoms with Gasteiger partial charge in [0.1, 0.15) is 0 Å². The molecule has 1 unspecified atom stereocenters. The summed E-state index contributed by atoms with van der Waals surface area (Å²) in [6, 6.07) is 9.65. The number of amides is 2. The standard InChI is InChI=1S/C10H15N3O/c1-8(7-12-10(14)13-11)9-5-3-2-4-6-9/h2-6,8H,7,11H2,1H3,(H2,12,13,14). The van der Waals surface area contributed by atoms with Gasteiger partial charge in [-0.15, -0.1) is 0 Å². The lowest BCUT2D eigenvalue weighted by Gasteiger charge is -2.12. The number of hydrogen-bond acceptors (Lipinski definition) is 2. The van der Waals surface area contributed by atoms with Gasteiger partial charge in [-0.2, -0.15) is 0 Å². The van der Waals surface area contributed by atoms with Gasteiger partial charge in [0.25, 0.3) is 0 Å².